The Hall–Kier alpha value is -2.87. The van der Waals surface area contributed by atoms with Gasteiger partial charge in [-0.15, -0.1) is 0 Å². The number of imidazole rings is 1. The zero-order valence-electron chi connectivity index (χ0n) is 18.8. The first-order chi connectivity index (χ1) is 15.1. The summed E-state index contributed by atoms with van der Waals surface area (Å²) >= 11 is 0. The van der Waals surface area contributed by atoms with E-state index in [0.29, 0.717) is 6.04 Å². The highest BCUT2D eigenvalue weighted by molar-refractivity contribution is 5.87. The first kappa shape index (κ1) is 20.1. The van der Waals surface area contributed by atoms with Gasteiger partial charge >= 0.3 is 0 Å². The van der Waals surface area contributed by atoms with E-state index in [0.717, 1.165) is 67.9 Å². The van der Waals surface area contributed by atoms with Gasteiger partial charge in [0.15, 0.2) is 17.0 Å². The minimum Gasteiger partial charge on any atom is -0.369 e. The van der Waals surface area contributed by atoms with Crippen molar-refractivity contribution in [3.05, 3.63) is 30.6 Å². The Morgan fingerprint density at radius 2 is 1.58 bits per heavy atom. The smallest absolute Gasteiger partial charge is 0.229 e. The quantitative estimate of drug-likeness (QED) is 0.678. The summed E-state index contributed by atoms with van der Waals surface area (Å²) in [6.45, 7) is 10.7. The maximum atomic E-state index is 4.89. The van der Waals surface area contributed by atoms with Crippen LogP contribution in [-0.4, -0.2) is 70.7 Å². The average molecular weight is 421 g/mol. The van der Waals surface area contributed by atoms with Crippen molar-refractivity contribution in [2.24, 2.45) is 0 Å². The molecule has 2 saturated heterocycles. The molecule has 0 radical (unpaired) electrons. The fraction of sp³-hybridized carbons (Fsp3) is 0.522. The van der Waals surface area contributed by atoms with Crippen LogP contribution < -0.4 is 15.1 Å². The molecule has 0 amide bonds. The third-order valence-electron chi connectivity index (χ3n) is 6.35. The molecule has 8 nitrogen and oxygen atoms in total. The number of benzene rings is 1. The summed E-state index contributed by atoms with van der Waals surface area (Å²) in [5.74, 6) is 1.57. The lowest BCUT2D eigenvalue weighted by Gasteiger charge is -2.34. The summed E-state index contributed by atoms with van der Waals surface area (Å²) in [6.07, 6.45) is 4.27. The van der Waals surface area contributed by atoms with Gasteiger partial charge in [-0.3, -0.25) is 0 Å². The summed E-state index contributed by atoms with van der Waals surface area (Å²) in [6, 6.07) is 8.95. The molecule has 0 saturated carbocycles. The molecule has 31 heavy (non-hydrogen) atoms. The molecule has 0 atom stereocenters. The number of fused-ring (bicyclic) bond motifs is 1. The zero-order valence-corrected chi connectivity index (χ0v) is 18.8. The van der Waals surface area contributed by atoms with Crippen molar-refractivity contribution < 1.29 is 0 Å². The van der Waals surface area contributed by atoms with E-state index in [2.05, 4.69) is 74.7 Å². The van der Waals surface area contributed by atoms with Crippen LogP contribution in [0.5, 0.6) is 0 Å². The Labute approximate surface area is 183 Å². The highest BCUT2D eigenvalue weighted by atomic mass is 15.3. The third-order valence-corrected chi connectivity index (χ3v) is 6.35. The van der Waals surface area contributed by atoms with Crippen LogP contribution in [0.2, 0.25) is 0 Å². The van der Waals surface area contributed by atoms with Gasteiger partial charge in [0.25, 0.3) is 0 Å². The van der Waals surface area contributed by atoms with Gasteiger partial charge < -0.3 is 24.6 Å². The first-order valence-electron chi connectivity index (χ1n) is 11.4. The van der Waals surface area contributed by atoms with Crippen LogP contribution in [0.15, 0.2) is 30.6 Å². The van der Waals surface area contributed by atoms with Crippen molar-refractivity contribution in [3.8, 4) is 0 Å². The molecule has 0 spiro atoms. The van der Waals surface area contributed by atoms with Crippen molar-refractivity contribution >= 4 is 34.3 Å². The van der Waals surface area contributed by atoms with Crippen molar-refractivity contribution in [1.29, 1.82) is 0 Å². The molecule has 1 aromatic carbocycles. The second-order valence-electron chi connectivity index (χ2n) is 8.95. The monoisotopic (exact) mass is 420 g/mol. The molecular formula is C23H32N8. The fourth-order valence-corrected chi connectivity index (χ4v) is 4.39. The van der Waals surface area contributed by atoms with E-state index in [-0.39, 0.29) is 0 Å². The van der Waals surface area contributed by atoms with Crippen molar-refractivity contribution in [1.82, 2.24) is 24.4 Å². The lowest BCUT2D eigenvalue weighted by atomic mass is 10.2. The van der Waals surface area contributed by atoms with Crippen LogP contribution in [0.1, 0.15) is 32.7 Å². The number of rotatable bonds is 5. The highest BCUT2D eigenvalue weighted by Gasteiger charge is 2.21. The van der Waals surface area contributed by atoms with E-state index in [1.807, 2.05) is 6.33 Å². The molecule has 2 aliphatic rings. The molecule has 164 valence electrons. The van der Waals surface area contributed by atoms with Gasteiger partial charge in [-0.1, -0.05) is 0 Å². The Morgan fingerprint density at radius 3 is 2.26 bits per heavy atom. The number of nitrogens with zero attached hydrogens (tertiary/aromatic N) is 7. The normalized spacial score (nSPS) is 17.8. The van der Waals surface area contributed by atoms with Gasteiger partial charge in [-0.05, 0) is 58.0 Å². The minimum absolute atomic E-state index is 0.294. The van der Waals surface area contributed by atoms with Crippen molar-refractivity contribution in [3.63, 3.8) is 0 Å². The molecule has 2 aromatic heterocycles. The summed E-state index contributed by atoms with van der Waals surface area (Å²) in [4.78, 5) is 21.5. The van der Waals surface area contributed by atoms with E-state index >= 15 is 0 Å². The largest absolute Gasteiger partial charge is 0.369 e. The second-order valence-corrected chi connectivity index (χ2v) is 8.95. The molecule has 0 bridgehead atoms. The number of piperazine rings is 1. The first-order valence-corrected chi connectivity index (χ1v) is 11.4. The standard InChI is InChI=1S/C23H32N8/c1-17(2)31-16-24-20-21(26-23(27-22(20)31)30-10-4-5-11-30)25-18-6-8-19(9-7-18)29-14-12-28(3)13-15-29/h6-9,16-17H,4-5,10-15H2,1-3H3,(H,25,26,27). The van der Waals surface area contributed by atoms with Gasteiger partial charge in [-0.25, -0.2) is 4.98 Å². The Bertz CT molecular complexity index is 1030. The fourth-order valence-electron chi connectivity index (χ4n) is 4.39. The zero-order chi connectivity index (χ0) is 21.4. The summed E-state index contributed by atoms with van der Waals surface area (Å²) in [7, 11) is 2.18. The number of nitrogens with one attached hydrogen (secondary N) is 1. The number of hydrogen-bond acceptors (Lipinski definition) is 7. The minimum atomic E-state index is 0.294. The molecule has 1 N–H and O–H groups in total. The van der Waals surface area contributed by atoms with Crippen LogP contribution in [0.25, 0.3) is 11.2 Å². The predicted molar refractivity (Wildman–Crippen MR) is 127 cm³/mol. The molecule has 3 aromatic rings. The van der Waals surface area contributed by atoms with Crippen LogP contribution in [0.3, 0.4) is 0 Å². The molecule has 4 heterocycles. The van der Waals surface area contributed by atoms with E-state index in [1.165, 1.54) is 18.5 Å². The maximum Gasteiger partial charge on any atom is 0.229 e. The molecule has 0 unspecified atom stereocenters. The van der Waals surface area contributed by atoms with Gasteiger partial charge in [0.05, 0.1) is 6.33 Å². The third kappa shape index (κ3) is 4.04. The summed E-state index contributed by atoms with van der Waals surface area (Å²) < 4.78 is 2.12. The SMILES string of the molecule is CC(C)n1cnc2c(Nc3ccc(N4CCN(C)CC4)cc3)nc(N3CCCC3)nc21. The molecule has 2 aliphatic heterocycles. The highest BCUT2D eigenvalue weighted by Crippen LogP contribution is 2.29. The van der Waals surface area contributed by atoms with Crippen LogP contribution in [-0.2, 0) is 0 Å². The topological polar surface area (TPSA) is 65.4 Å². The van der Waals surface area contributed by atoms with E-state index in [1.54, 1.807) is 0 Å². The van der Waals surface area contributed by atoms with Gasteiger partial charge in [0.1, 0.15) is 0 Å². The lowest BCUT2D eigenvalue weighted by Crippen LogP contribution is -2.44. The van der Waals surface area contributed by atoms with Crippen LogP contribution in [0.4, 0.5) is 23.1 Å². The Kier molecular flexibility index (Phi) is 5.40. The summed E-state index contributed by atoms with van der Waals surface area (Å²) in [5, 5.41) is 3.52. The van der Waals surface area contributed by atoms with Crippen molar-refractivity contribution in [2.75, 3.05) is 61.4 Å². The maximum absolute atomic E-state index is 4.89. The lowest BCUT2D eigenvalue weighted by molar-refractivity contribution is 0.313. The van der Waals surface area contributed by atoms with Gasteiger partial charge in [0, 0.05) is 56.7 Å². The molecule has 8 heteroatoms. The molecule has 0 aliphatic carbocycles. The van der Waals surface area contributed by atoms with E-state index in [9.17, 15) is 0 Å². The van der Waals surface area contributed by atoms with Gasteiger partial charge in [0.2, 0.25) is 5.95 Å². The predicted octanol–water partition coefficient (Wildman–Crippen LogP) is 3.50. The number of aromatic nitrogens is 4. The Morgan fingerprint density at radius 1 is 0.871 bits per heavy atom. The van der Waals surface area contributed by atoms with E-state index < -0.39 is 0 Å². The summed E-state index contributed by atoms with van der Waals surface area (Å²) in [5.41, 5.74) is 4.00. The Balaban J connectivity index is 1.44. The van der Waals surface area contributed by atoms with Crippen LogP contribution >= 0.6 is 0 Å². The van der Waals surface area contributed by atoms with Crippen molar-refractivity contribution in [2.45, 2.75) is 32.7 Å². The molecular weight excluding hydrogens is 388 g/mol. The number of anilines is 4. The molecule has 2 fully saturated rings. The average Bonchev–Trinajstić information content (AvgIpc) is 3.45. The van der Waals surface area contributed by atoms with Crippen LogP contribution in [0, 0.1) is 0 Å². The van der Waals surface area contributed by atoms with E-state index in [4.69, 9.17) is 9.97 Å². The second kappa shape index (κ2) is 8.34. The number of likely N-dealkylation sites (N-methyl/N-ethyl adjacent to an activating group) is 1. The van der Waals surface area contributed by atoms with Gasteiger partial charge in [-0.2, -0.15) is 9.97 Å². The molecule has 5 rings (SSSR count). The number of hydrogen-bond donors (Lipinski definition) is 1.